The number of fused-ring (bicyclic) bond motifs is 1. The van der Waals surface area contributed by atoms with Crippen molar-refractivity contribution in [3.05, 3.63) is 96.4 Å². The van der Waals surface area contributed by atoms with Gasteiger partial charge in [0, 0.05) is 17.0 Å². The van der Waals surface area contributed by atoms with Crippen LogP contribution in [-0.4, -0.2) is 30.3 Å². The topological polar surface area (TPSA) is 74.1 Å². The third-order valence-electron chi connectivity index (χ3n) is 7.23. The van der Waals surface area contributed by atoms with Crippen molar-refractivity contribution in [3.63, 3.8) is 0 Å². The molecule has 2 aliphatic rings. The third kappa shape index (κ3) is 4.53. The molecule has 1 saturated heterocycles. The SMILES string of the molecule is CCOC(=O)COc1cccc(C[C@@H]2CC[C@@H]3O[C@@]23c2nc(-c3ccccc3)c(-c3ccccc3)o2)c1. The zero-order chi connectivity index (χ0) is 25.2. The maximum atomic E-state index is 11.7. The molecule has 0 radical (unpaired) electrons. The van der Waals surface area contributed by atoms with Crippen LogP contribution in [-0.2, 0) is 26.3 Å². The summed E-state index contributed by atoms with van der Waals surface area (Å²) in [4.78, 5) is 16.7. The molecule has 0 unspecified atom stereocenters. The molecule has 1 aliphatic heterocycles. The van der Waals surface area contributed by atoms with Crippen LogP contribution in [0.1, 0.15) is 31.2 Å². The first-order valence-corrected chi connectivity index (χ1v) is 12.8. The number of aromatic nitrogens is 1. The summed E-state index contributed by atoms with van der Waals surface area (Å²) in [5.41, 5.74) is 3.46. The van der Waals surface area contributed by atoms with Crippen molar-refractivity contribution in [2.45, 2.75) is 37.9 Å². The van der Waals surface area contributed by atoms with E-state index in [-0.39, 0.29) is 24.6 Å². The van der Waals surface area contributed by atoms with Crippen LogP contribution in [0, 0.1) is 5.92 Å². The van der Waals surface area contributed by atoms with Gasteiger partial charge in [-0.05, 0) is 43.9 Å². The normalized spacial score (nSPS) is 21.9. The van der Waals surface area contributed by atoms with Crippen molar-refractivity contribution in [1.82, 2.24) is 4.98 Å². The predicted molar refractivity (Wildman–Crippen MR) is 139 cm³/mol. The standard InChI is InChI=1S/C31H29NO5/c1-2-34-27(33)20-35-25-15-9-10-21(19-25)18-24-16-17-26-31(24,37-26)30-32-28(22-11-5-3-6-12-22)29(36-30)23-13-7-4-8-14-23/h3-15,19,24,26H,2,16-18,20H2,1H3/t24-,26-,31-/m0/s1. The second-order valence-electron chi connectivity index (χ2n) is 9.55. The van der Waals surface area contributed by atoms with Crippen molar-refractivity contribution in [1.29, 1.82) is 0 Å². The summed E-state index contributed by atoms with van der Waals surface area (Å²) in [6.07, 6.45) is 2.93. The molecule has 188 valence electrons. The van der Waals surface area contributed by atoms with Gasteiger partial charge in [-0.15, -0.1) is 0 Å². The van der Waals surface area contributed by atoms with Crippen LogP contribution in [0.4, 0.5) is 0 Å². The Morgan fingerprint density at radius 2 is 1.73 bits per heavy atom. The Balaban J connectivity index is 1.28. The predicted octanol–water partition coefficient (Wildman–Crippen LogP) is 6.20. The van der Waals surface area contributed by atoms with Crippen LogP contribution in [0.5, 0.6) is 5.75 Å². The number of epoxide rings is 1. The van der Waals surface area contributed by atoms with E-state index in [9.17, 15) is 4.79 Å². The molecule has 0 bridgehead atoms. The maximum Gasteiger partial charge on any atom is 0.344 e. The number of oxazole rings is 1. The average molecular weight is 496 g/mol. The molecule has 0 N–H and O–H groups in total. The Kier molecular flexibility index (Phi) is 6.26. The number of hydrogen-bond donors (Lipinski definition) is 0. The lowest BCUT2D eigenvalue weighted by atomic mass is 9.88. The van der Waals surface area contributed by atoms with Crippen molar-refractivity contribution >= 4 is 5.97 Å². The maximum absolute atomic E-state index is 11.7. The molecular formula is C31H29NO5. The fraction of sp³-hybridized carbons (Fsp3) is 0.290. The molecule has 3 atom stereocenters. The van der Waals surface area contributed by atoms with E-state index in [0.717, 1.165) is 47.4 Å². The Morgan fingerprint density at radius 1 is 0.973 bits per heavy atom. The number of carbonyl (C=O) groups is 1. The summed E-state index contributed by atoms with van der Waals surface area (Å²) in [6, 6.07) is 28.2. The van der Waals surface area contributed by atoms with E-state index in [1.807, 2.05) is 66.7 Å². The monoisotopic (exact) mass is 495 g/mol. The fourth-order valence-corrected chi connectivity index (χ4v) is 5.47. The number of carbonyl (C=O) groups excluding carboxylic acids is 1. The van der Waals surface area contributed by atoms with E-state index < -0.39 is 5.60 Å². The Hall–Kier alpha value is -3.90. The smallest absolute Gasteiger partial charge is 0.344 e. The van der Waals surface area contributed by atoms with Crippen molar-refractivity contribution in [2.24, 2.45) is 5.92 Å². The van der Waals surface area contributed by atoms with Gasteiger partial charge in [-0.2, -0.15) is 0 Å². The van der Waals surface area contributed by atoms with Gasteiger partial charge < -0.3 is 18.6 Å². The molecule has 2 heterocycles. The van der Waals surface area contributed by atoms with E-state index in [1.165, 1.54) is 0 Å². The first-order chi connectivity index (χ1) is 18.2. The fourth-order valence-electron chi connectivity index (χ4n) is 5.47. The molecule has 2 fully saturated rings. The van der Waals surface area contributed by atoms with Gasteiger partial charge in [0.15, 0.2) is 18.0 Å². The largest absolute Gasteiger partial charge is 0.482 e. The van der Waals surface area contributed by atoms with Gasteiger partial charge >= 0.3 is 5.97 Å². The second kappa shape index (κ2) is 9.87. The van der Waals surface area contributed by atoms with Gasteiger partial charge in [-0.1, -0.05) is 72.8 Å². The van der Waals surface area contributed by atoms with Crippen molar-refractivity contribution in [3.8, 4) is 28.3 Å². The number of esters is 1. The van der Waals surface area contributed by atoms with E-state index in [0.29, 0.717) is 18.2 Å². The molecular weight excluding hydrogens is 466 g/mol. The van der Waals surface area contributed by atoms with Gasteiger partial charge in [0.2, 0.25) is 5.89 Å². The van der Waals surface area contributed by atoms with Crippen LogP contribution in [0.2, 0.25) is 0 Å². The minimum atomic E-state index is -0.516. The number of rotatable bonds is 9. The second-order valence-corrected chi connectivity index (χ2v) is 9.55. The Morgan fingerprint density at radius 3 is 2.46 bits per heavy atom. The van der Waals surface area contributed by atoms with Gasteiger partial charge in [-0.3, -0.25) is 0 Å². The molecule has 1 aliphatic carbocycles. The lowest BCUT2D eigenvalue weighted by Crippen LogP contribution is -2.22. The molecule has 6 heteroatoms. The first-order valence-electron chi connectivity index (χ1n) is 12.8. The molecule has 1 saturated carbocycles. The molecule has 4 aromatic rings. The average Bonchev–Trinajstić information content (AvgIpc) is 3.32. The van der Waals surface area contributed by atoms with Crippen LogP contribution >= 0.6 is 0 Å². The number of nitrogens with zero attached hydrogens (tertiary/aromatic N) is 1. The van der Waals surface area contributed by atoms with Gasteiger partial charge in [0.25, 0.3) is 0 Å². The van der Waals surface area contributed by atoms with E-state index >= 15 is 0 Å². The van der Waals surface area contributed by atoms with Crippen molar-refractivity contribution in [2.75, 3.05) is 13.2 Å². The molecule has 6 rings (SSSR count). The molecule has 37 heavy (non-hydrogen) atoms. The summed E-state index contributed by atoms with van der Waals surface area (Å²) in [5, 5.41) is 0. The zero-order valence-corrected chi connectivity index (χ0v) is 20.8. The summed E-state index contributed by atoms with van der Waals surface area (Å²) in [7, 11) is 0. The highest BCUT2D eigenvalue weighted by Gasteiger charge is 2.69. The van der Waals surface area contributed by atoms with Crippen LogP contribution in [0.15, 0.2) is 89.3 Å². The summed E-state index contributed by atoms with van der Waals surface area (Å²) in [5.74, 6) is 1.94. The quantitative estimate of drug-likeness (QED) is 0.203. The zero-order valence-electron chi connectivity index (χ0n) is 20.8. The molecule has 1 aromatic heterocycles. The lowest BCUT2D eigenvalue weighted by molar-refractivity contribution is -0.145. The molecule has 0 spiro atoms. The van der Waals surface area contributed by atoms with Crippen LogP contribution < -0.4 is 4.74 Å². The summed E-state index contributed by atoms with van der Waals surface area (Å²) < 4.78 is 23.5. The Labute approximate surface area is 216 Å². The number of hydrogen-bond acceptors (Lipinski definition) is 6. The lowest BCUT2D eigenvalue weighted by Gasteiger charge is -2.18. The van der Waals surface area contributed by atoms with Crippen LogP contribution in [0.3, 0.4) is 0 Å². The van der Waals surface area contributed by atoms with Crippen molar-refractivity contribution < 1.29 is 23.4 Å². The van der Waals surface area contributed by atoms with Crippen LogP contribution in [0.25, 0.3) is 22.6 Å². The highest BCUT2D eigenvalue weighted by molar-refractivity contribution is 5.77. The van der Waals surface area contributed by atoms with Gasteiger partial charge in [0.05, 0.1) is 12.7 Å². The minimum Gasteiger partial charge on any atom is -0.482 e. The third-order valence-corrected chi connectivity index (χ3v) is 7.23. The molecule has 3 aromatic carbocycles. The summed E-state index contributed by atoms with van der Waals surface area (Å²) >= 11 is 0. The Bertz CT molecular complexity index is 1330. The molecule has 6 nitrogen and oxygen atoms in total. The number of benzene rings is 3. The van der Waals surface area contributed by atoms with Gasteiger partial charge in [0.1, 0.15) is 11.4 Å². The highest BCUT2D eigenvalue weighted by Crippen LogP contribution is 2.62. The van der Waals surface area contributed by atoms with Gasteiger partial charge in [-0.25, -0.2) is 9.78 Å². The van der Waals surface area contributed by atoms with E-state index in [4.69, 9.17) is 23.6 Å². The van der Waals surface area contributed by atoms with E-state index in [2.05, 4.69) is 18.2 Å². The van der Waals surface area contributed by atoms with E-state index in [1.54, 1.807) is 6.92 Å². The highest BCUT2D eigenvalue weighted by atomic mass is 16.6. The first kappa shape index (κ1) is 23.5. The minimum absolute atomic E-state index is 0.101. The summed E-state index contributed by atoms with van der Waals surface area (Å²) in [6.45, 7) is 2.02. The molecule has 0 amide bonds. The number of ether oxygens (including phenoxy) is 3.